The van der Waals surface area contributed by atoms with E-state index in [4.69, 9.17) is 4.74 Å². The summed E-state index contributed by atoms with van der Waals surface area (Å²) < 4.78 is 5.88. The molecular formula is C19H23NO. The Kier molecular flexibility index (Phi) is 3.98. The maximum absolute atomic E-state index is 5.88. The number of hydrogen-bond acceptors (Lipinski definition) is 2. The summed E-state index contributed by atoms with van der Waals surface area (Å²) in [6.07, 6.45) is 1.02. The highest BCUT2D eigenvalue weighted by Crippen LogP contribution is 2.38. The lowest BCUT2D eigenvalue weighted by Crippen LogP contribution is -2.22. The van der Waals surface area contributed by atoms with Crippen LogP contribution in [0.3, 0.4) is 0 Å². The summed E-state index contributed by atoms with van der Waals surface area (Å²) in [5.74, 6) is 1.08. The van der Waals surface area contributed by atoms with Crippen molar-refractivity contribution >= 4 is 0 Å². The van der Waals surface area contributed by atoms with E-state index in [9.17, 15) is 0 Å². The van der Waals surface area contributed by atoms with Gasteiger partial charge >= 0.3 is 0 Å². The molecule has 0 unspecified atom stereocenters. The van der Waals surface area contributed by atoms with Crippen LogP contribution in [0.5, 0.6) is 5.75 Å². The van der Waals surface area contributed by atoms with Crippen molar-refractivity contribution in [2.45, 2.75) is 39.8 Å². The fourth-order valence-corrected chi connectivity index (χ4v) is 2.84. The first kappa shape index (κ1) is 14.2. The third-order valence-corrected chi connectivity index (χ3v) is 3.97. The van der Waals surface area contributed by atoms with Crippen molar-refractivity contribution in [1.29, 1.82) is 0 Å². The summed E-state index contributed by atoms with van der Waals surface area (Å²) in [6.45, 7) is 8.19. The summed E-state index contributed by atoms with van der Waals surface area (Å²) >= 11 is 0. The number of aryl methyl sites for hydroxylation is 1. The van der Waals surface area contributed by atoms with Gasteiger partial charge in [0.05, 0.1) is 6.61 Å². The predicted molar refractivity (Wildman–Crippen MR) is 87.8 cm³/mol. The number of nitrogens with one attached hydrogen (secondary N) is 1. The van der Waals surface area contributed by atoms with Crippen molar-refractivity contribution in [3.63, 3.8) is 0 Å². The number of hydrogen-bond donors (Lipinski definition) is 1. The minimum atomic E-state index is 0.483. The summed E-state index contributed by atoms with van der Waals surface area (Å²) in [5.41, 5.74) is 6.47. The second kappa shape index (κ2) is 5.90. The van der Waals surface area contributed by atoms with Crippen LogP contribution < -0.4 is 10.1 Å². The van der Waals surface area contributed by atoms with Gasteiger partial charge in [0, 0.05) is 24.6 Å². The Labute approximate surface area is 127 Å². The molecule has 2 nitrogen and oxygen atoms in total. The minimum absolute atomic E-state index is 0.483. The zero-order chi connectivity index (χ0) is 14.8. The Morgan fingerprint density at radius 2 is 2.00 bits per heavy atom. The van der Waals surface area contributed by atoms with Crippen molar-refractivity contribution in [3.05, 3.63) is 53.1 Å². The molecule has 0 radical (unpaired) electrons. The van der Waals surface area contributed by atoms with Crippen LogP contribution in [0.1, 0.15) is 30.5 Å². The van der Waals surface area contributed by atoms with Crippen LogP contribution in [0, 0.1) is 6.92 Å². The van der Waals surface area contributed by atoms with E-state index in [1.165, 1.54) is 27.8 Å². The summed E-state index contributed by atoms with van der Waals surface area (Å²) in [6, 6.07) is 13.7. The Bertz CT molecular complexity index is 646. The summed E-state index contributed by atoms with van der Waals surface area (Å²) in [5, 5.41) is 3.52. The van der Waals surface area contributed by atoms with Crippen LogP contribution in [0.2, 0.25) is 0 Å². The van der Waals surface area contributed by atoms with Crippen molar-refractivity contribution < 1.29 is 4.74 Å². The second-order valence-electron chi connectivity index (χ2n) is 6.09. The van der Waals surface area contributed by atoms with Gasteiger partial charge in [-0.25, -0.2) is 0 Å². The fourth-order valence-electron chi connectivity index (χ4n) is 2.84. The first-order valence-electron chi connectivity index (χ1n) is 7.73. The molecule has 2 aromatic carbocycles. The van der Waals surface area contributed by atoms with Gasteiger partial charge in [0.2, 0.25) is 0 Å². The van der Waals surface area contributed by atoms with Gasteiger partial charge in [0.15, 0.2) is 0 Å². The van der Waals surface area contributed by atoms with Crippen LogP contribution in [0.4, 0.5) is 0 Å². The number of rotatable bonds is 4. The molecule has 2 heteroatoms. The smallest absolute Gasteiger partial charge is 0.130 e. The average molecular weight is 281 g/mol. The molecule has 0 saturated heterocycles. The van der Waals surface area contributed by atoms with Gasteiger partial charge in [-0.15, -0.1) is 0 Å². The minimum Gasteiger partial charge on any atom is -0.492 e. The van der Waals surface area contributed by atoms with Crippen molar-refractivity contribution in [3.8, 4) is 16.9 Å². The zero-order valence-corrected chi connectivity index (χ0v) is 13.1. The number of para-hydroxylation sites is 1. The second-order valence-corrected chi connectivity index (χ2v) is 6.09. The first-order chi connectivity index (χ1) is 10.1. The van der Waals surface area contributed by atoms with Crippen LogP contribution >= 0.6 is 0 Å². The van der Waals surface area contributed by atoms with Crippen LogP contribution in [-0.4, -0.2) is 12.6 Å². The van der Waals surface area contributed by atoms with Crippen LogP contribution in [0.15, 0.2) is 36.4 Å². The average Bonchev–Trinajstić information content (AvgIpc) is 2.94. The van der Waals surface area contributed by atoms with E-state index in [1.807, 2.05) is 0 Å². The zero-order valence-electron chi connectivity index (χ0n) is 13.1. The molecule has 1 aliphatic heterocycles. The highest BCUT2D eigenvalue weighted by Gasteiger charge is 2.18. The molecule has 0 aromatic heterocycles. The SMILES string of the molecule is Cc1ccc(CNC(C)C)c(-c2cccc3c2OCC3)c1. The molecule has 0 fully saturated rings. The van der Waals surface area contributed by atoms with Gasteiger partial charge in [-0.1, -0.05) is 55.8 Å². The Morgan fingerprint density at radius 1 is 1.14 bits per heavy atom. The normalized spacial score (nSPS) is 13.3. The van der Waals surface area contributed by atoms with E-state index >= 15 is 0 Å². The molecule has 0 saturated carbocycles. The summed E-state index contributed by atoms with van der Waals surface area (Å²) in [4.78, 5) is 0. The molecule has 110 valence electrons. The molecule has 0 bridgehead atoms. The molecule has 1 heterocycles. The topological polar surface area (TPSA) is 21.3 Å². The van der Waals surface area contributed by atoms with Crippen LogP contribution in [0.25, 0.3) is 11.1 Å². The maximum atomic E-state index is 5.88. The Morgan fingerprint density at radius 3 is 2.81 bits per heavy atom. The third kappa shape index (κ3) is 2.96. The monoisotopic (exact) mass is 281 g/mol. The lowest BCUT2D eigenvalue weighted by atomic mass is 9.95. The van der Waals surface area contributed by atoms with E-state index < -0.39 is 0 Å². The van der Waals surface area contributed by atoms with Gasteiger partial charge < -0.3 is 10.1 Å². The fraction of sp³-hybridized carbons (Fsp3) is 0.368. The van der Waals surface area contributed by atoms with Crippen molar-refractivity contribution in [2.24, 2.45) is 0 Å². The molecule has 0 amide bonds. The van der Waals surface area contributed by atoms with Crippen LogP contribution in [-0.2, 0) is 13.0 Å². The number of ether oxygens (including phenoxy) is 1. The molecule has 1 aliphatic rings. The maximum Gasteiger partial charge on any atom is 0.130 e. The van der Waals surface area contributed by atoms with E-state index in [2.05, 4.69) is 62.5 Å². The Balaban J connectivity index is 2.05. The Hall–Kier alpha value is -1.80. The molecular weight excluding hydrogens is 258 g/mol. The van der Waals surface area contributed by atoms with E-state index in [-0.39, 0.29) is 0 Å². The molecule has 21 heavy (non-hydrogen) atoms. The molecule has 1 N–H and O–H groups in total. The van der Waals surface area contributed by atoms with Crippen molar-refractivity contribution in [2.75, 3.05) is 6.61 Å². The van der Waals surface area contributed by atoms with Gasteiger partial charge in [-0.05, 0) is 23.6 Å². The lowest BCUT2D eigenvalue weighted by molar-refractivity contribution is 0.358. The molecule has 0 aliphatic carbocycles. The molecule has 0 spiro atoms. The lowest BCUT2D eigenvalue weighted by Gasteiger charge is -2.16. The van der Waals surface area contributed by atoms with Gasteiger partial charge in [0.1, 0.15) is 5.75 Å². The summed E-state index contributed by atoms with van der Waals surface area (Å²) in [7, 11) is 0. The number of benzene rings is 2. The predicted octanol–water partition coefficient (Wildman–Crippen LogP) is 4.09. The first-order valence-corrected chi connectivity index (χ1v) is 7.73. The highest BCUT2D eigenvalue weighted by atomic mass is 16.5. The van der Waals surface area contributed by atoms with E-state index in [0.717, 1.165) is 25.3 Å². The molecule has 0 atom stereocenters. The quantitative estimate of drug-likeness (QED) is 0.911. The van der Waals surface area contributed by atoms with Gasteiger partial charge in [-0.3, -0.25) is 0 Å². The van der Waals surface area contributed by atoms with Crippen molar-refractivity contribution in [1.82, 2.24) is 5.32 Å². The van der Waals surface area contributed by atoms with E-state index in [1.54, 1.807) is 0 Å². The van der Waals surface area contributed by atoms with Gasteiger partial charge in [-0.2, -0.15) is 0 Å². The standard InChI is InChI=1S/C19H23NO/c1-13(2)20-12-16-8-7-14(3)11-18(16)17-6-4-5-15-9-10-21-19(15)17/h4-8,11,13,20H,9-10,12H2,1-3H3. The third-order valence-electron chi connectivity index (χ3n) is 3.97. The van der Waals surface area contributed by atoms with E-state index in [0.29, 0.717) is 6.04 Å². The number of fused-ring (bicyclic) bond motifs is 1. The molecule has 2 aromatic rings. The van der Waals surface area contributed by atoms with Gasteiger partial charge in [0.25, 0.3) is 0 Å². The molecule has 3 rings (SSSR count). The highest BCUT2D eigenvalue weighted by molar-refractivity contribution is 5.76. The largest absolute Gasteiger partial charge is 0.492 e.